The molecule has 1 aromatic rings. The van der Waals surface area contributed by atoms with Crippen molar-refractivity contribution in [2.45, 2.75) is 31.8 Å². The van der Waals surface area contributed by atoms with Gasteiger partial charge in [-0.2, -0.15) is 0 Å². The summed E-state index contributed by atoms with van der Waals surface area (Å²) in [6, 6.07) is 12.0. The van der Waals surface area contributed by atoms with Crippen LogP contribution in [-0.2, 0) is 6.42 Å². The van der Waals surface area contributed by atoms with Crippen LogP contribution >= 0.6 is 0 Å². The SMILES string of the molecule is C=CCN1CC(Cc2ccccc2)NCCC1C. The second kappa shape index (κ2) is 6.72. The molecule has 1 aliphatic heterocycles. The molecule has 0 bridgehead atoms. The highest BCUT2D eigenvalue weighted by Gasteiger charge is 2.21. The van der Waals surface area contributed by atoms with Crippen LogP contribution in [0.1, 0.15) is 18.9 Å². The van der Waals surface area contributed by atoms with Crippen LogP contribution in [0.2, 0.25) is 0 Å². The highest BCUT2D eigenvalue weighted by molar-refractivity contribution is 5.16. The van der Waals surface area contributed by atoms with E-state index in [-0.39, 0.29) is 0 Å². The van der Waals surface area contributed by atoms with Crippen LogP contribution in [0.5, 0.6) is 0 Å². The smallest absolute Gasteiger partial charge is 0.0235 e. The molecule has 0 saturated carbocycles. The molecule has 1 heterocycles. The first-order chi connectivity index (χ1) is 8.79. The summed E-state index contributed by atoms with van der Waals surface area (Å²) in [6.07, 6.45) is 4.35. The summed E-state index contributed by atoms with van der Waals surface area (Å²) < 4.78 is 0. The third kappa shape index (κ3) is 3.69. The molecule has 0 aromatic heterocycles. The summed E-state index contributed by atoms with van der Waals surface area (Å²) in [4.78, 5) is 2.53. The van der Waals surface area contributed by atoms with Gasteiger partial charge in [0.2, 0.25) is 0 Å². The largest absolute Gasteiger partial charge is 0.312 e. The van der Waals surface area contributed by atoms with E-state index in [9.17, 15) is 0 Å². The van der Waals surface area contributed by atoms with Gasteiger partial charge in [-0.05, 0) is 31.9 Å². The van der Waals surface area contributed by atoms with Gasteiger partial charge in [0, 0.05) is 25.2 Å². The van der Waals surface area contributed by atoms with E-state index in [1.807, 2.05) is 6.08 Å². The molecule has 0 aliphatic carbocycles. The molecule has 2 nitrogen and oxygen atoms in total. The van der Waals surface area contributed by atoms with Gasteiger partial charge in [0.1, 0.15) is 0 Å². The van der Waals surface area contributed by atoms with Gasteiger partial charge in [0.05, 0.1) is 0 Å². The minimum absolute atomic E-state index is 0.553. The summed E-state index contributed by atoms with van der Waals surface area (Å²) in [7, 11) is 0. The van der Waals surface area contributed by atoms with Crippen molar-refractivity contribution < 1.29 is 0 Å². The van der Waals surface area contributed by atoms with Gasteiger partial charge >= 0.3 is 0 Å². The van der Waals surface area contributed by atoms with Crippen molar-refractivity contribution in [3.05, 3.63) is 48.6 Å². The summed E-state index contributed by atoms with van der Waals surface area (Å²) in [5, 5.41) is 3.67. The Morgan fingerprint density at radius 3 is 2.89 bits per heavy atom. The fourth-order valence-corrected chi connectivity index (χ4v) is 2.66. The lowest BCUT2D eigenvalue weighted by Gasteiger charge is -2.27. The lowest BCUT2D eigenvalue weighted by molar-refractivity contribution is 0.226. The van der Waals surface area contributed by atoms with E-state index in [0.717, 1.165) is 26.1 Å². The van der Waals surface area contributed by atoms with Gasteiger partial charge in [0.15, 0.2) is 0 Å². The van der Waals surface area contributed by atoms with Crippen LogP contribution in [0.25, 0.3) is 0 Å². The Bertz CT molecular complexity index is 361. The second-order valence-electron chi connectivity index (χ2n) is 5.22. The molecule has 1 N–H and O–H groups in total. The normalized spacial score (nSPS) is 25.6. The number of benzene rings is 1. The molecule has 2 atom stereocenters. The highest BCUT2D eigenvalue weighted by Crippen LogP contribution is 2.12. The molecule has 1 saturated heterocycles. The van der Waals surface area contributed by atoms with Crippen LogP contribution < -0.4 is 5.32 Å². The number of hydrogen-bond acceptors (Lipinski definition) is 2. The second-order valence-corrected chi connectivity index (χ2v) is 5.22. The average Bonchev–Trinajstić information content (AvgIpc) is 2.54. The molecule has 1 aromatic carbocycles. The Morgan fingerprint density at radius 2 is 2.17 bits per heavy atom. The van der Waals surface area contributed by atoms with E-state index in [2.05, 4.69) is 54.1 Å². The maximum absolute atomic E-state index is 3.87. The van der Waals surface area contributed by atoms with Crippen molar-refractivity contribution in [3.63, 3.8) is 0 Å². The number of hydrogen-bond donors (Lipinski definition) is 1. The van der Waals surface area contributed by atoms with Gasteiger partial charge in [-0.1, -0.05) is 36.4 Å². The van der Waals surface area contributed by atoms with Crippen molar-refractivity contribution in [2.24, 2.45) is 0 Å². The topological polar surface area (TPSA) is 15.3 Å². The maximum Gasteiger partial charge on any atom is 0.0235 e. The van der Waals surface area contributed by atoms with E-state index >= 15 is 0 Å². The zero-order chi connectivity index (χ0) is 12.8. The molecule has 2 rings (SSSR count). The highest BCUT2D eigenvalue weighted by atomic mass is 15.2. The zero-order valence-electron chi connectivity index (χ0n) is 11.3. The van der Waals surface area contributed by atoms with Crippen molar-refractivity contribution in [1.82, 2.24) is 10.2 Å². The van der Waals surface area contributed by atoms with Crippen molar-refractivity contribution >= 4 is 0 Å². The standard InChI is InChI=1S/C16H24N2/c1-3-11-18-13-16(17-10-9-14(18)2)12-15-7-5-4-6-8-15/h3-8,14,16-17H,1,9-13H2,2H3. The number of rotatable bonds is 4. The van der Waals surface area contributed by atoms with E-state index < -0.39 is 0 Å². The van der Waals surface area contributed by atoms with E-state index in [0.29, 0.717) is 12.1 Å². The average molecular weight is 244 g/mol. The third-order valence-electron chi connectivity index (χ3n) is 3.76. The number of nitrogens with zero attached hydrogens (tertiary/aromatic N) is 1. The third-order valence-corrected chi connectivity index (χ3v) is 3.76. The summed E-state index contributed by atoms with van der Waals surface area (Å²) in [6.45, 7) is 9.41. The van der Waals surface area contributed by atoms with Crippen LogP contribution in [0.4, 0.5) is 0 Å². The predicted octanol–water partition coefficient (Wildman–Crippen LogP) is 2.47. The first kappa shape index (κ1) is 13.3. The summed E-state index contributed by atoms with van der Waals surface area (Å²) in [5.74, 6) is 0. The summed E-state index contributed by atoms with van der Waals surface area (Å²) >= 11 is 0. The maximum atomic E-state index is 3.87. The lowest BCUT2D eigenvalue weighted by atomic mass is 10.1. The molecule has 98 valence electrons. The predicted molar refractivity (Wildman–Crippen MR) is 77.8 cm³/mol. The molecule has 0 amide bonds. The van der Waals surface area contributed by atoms with Gasteiger partial charge in [-0.3, -0.25) is 4.90 Å². The Kier molecular flexibility index (Phi) is 4.97. The first-order valence-electron chi connectivity index (χ1n) is 6.92. The van der Waals surface area contributed by atoms with Crippen molar-refractivity contribution in [1.29, 1.82) is 0 Å². The van der Waals surface area contributed by atoms with Gasteiger partial charge in [-0.25, -0.2) is 0 Å². The van der Waals surface area contributed by atoms with E-state index in [4.69, 9.17) is 0 Å². The molecular weight excluding hydrogens is 220 g/mol. The van der Waals surface area contributed by atoms with Crippen LogP contribution in [-0.4, -0.2) is 36.6 Å². The molecular formula is C16H24N2. The molecule has 0 radical (unpaired) electrons. The Labute approximate surface area is 111 Å². The van der Waals surface area contributed by atoms with Gasteiger partial charge < -0.3 is 5.32 Å². The monoisotopic (exact) mass is 244 g/mol. The molecule has 0 spiro atoms. The molecule has 1 fully saturated rings. The fourth-order valence-electron chi connectivity index (χ4n) is 2.66. The molecule has 18 heavy (non-hydrogen) atoms. The van der Waals surface area contributed by atoms with E-state index in [1.54, 1.807) is 0 Å². The van der Waals surface area contributed by atoms with Crippen LogP contribution in [0.3, 0.4) is 0 Å². The van der Waals surface area contributed by atoms with Gasteiger partial charge in [0.25, 0.3) is 0 Å². The molecule has 2 heteroatoms. The molecule has 2 unspecified atom stereocenters. The number of nitrogens with one attached hydrogen (secondary N) is 1. The minimum atomic E-state index is 0.553. The Balaban J connectivity index is 1.97. The Morgan fingerprint density at radius 1 is 1.39 bits per heavy atom. The molecule has 1 aliphatic rings. The van der Waals surface area contributed by atoms with Crippen molar-refractivity contribution in [3.8, 4) is 0 Å². The summed E-state index contributed by atoms with van der Waals surface area (Å²) in [5.41, 5.74) is 1.42. The first-order valence-corrected chi connectivity index (χ1v) is 6.92. The Hall–Kier alpha value is -1.12. The van der Waals surface area contributed by atoms with E-state index in [1.165, 1.54) is 12.0 Å². The zero-order valence-corrected chi connectivity index (χ0v) is 11.3. The van der Waals surface area contributed by atoms with Gasteiger partial charge in [-0.15, -0.1) is 6.58 Å². The van der Waals surface area contributed by atoms with Crippen LogP contribution in [0, 0.1) is 0 Å². The lowest BCUT2D eigenvalue weighted by Crippen LogP contribution is -2.41. The minimum Gasteiger partial charge on any atom is -0.312 e. The van der Waals surface area contributed by atoms with Crippen molar-refractivity contribution in [2.75, 3.05) is 19.6 Å². The van der Waals surface area contributed by atoms with Crippen LogP contribution in [0.15, 0.2) is 43.0 Å². The fraction of sp³-hybridized carbons (Fsp3) is 0.500. The quantitative estimate of drug-likeness (QED) is 0.819.